The number of amides is 1. The standard InChI is InChI=1S/C15H22N2O/c1-11-3-5-14(9-12(11)2)17-15(18)6-4-13-7-8-16-10-13/h3,5,9,13,16H,4,6-8,10H2,1-2H3,(H,17,18). The monoisotopic (exact) mass is 246 g/mol. The quantitative estimate of drug-likeness (QED) is 0.857. The predicted octanol–water partition coefficient (Wildman–Crippen LogP) is 2.63. The second-order valence-corrected chi connectivity index (χ2v) is 5.24. The van der Waals surface area contributed by atoms with E-state index < -0.39 is 0 Å². The molecule has 98 valence electrons. The lowest BCUT2D eigenvalue weighted by atomic mass is 10.0. The lowest BCUT2D eigenvalue weighted by molar-refractivity contribution is -0.116. The first-order valence-corrected chi connectivity index (χ1v) is 6.73. The van der Waals surface area contributed by atoms with Crippen molar-refractivity contribution in [2.24, 2.45) is 5.92 Å². The molecule has 1 aromatic rings. The van der Waals surface area contributed by atoms with Crippen LogP contribution in [0.2, 0.25) is 0 Å². The van der Waals surface area contributed by atoms with E-state index in [4.69, 9.17) is 0 Å². The molecule has 2 rings (SSSR count). The highest BCUT2D eigenvalue weighted by Crippen LogP contribution is 2.17. The highest BCUT2D eigenvalue weighted by molar-refractivity contribution is 5.90. The largest absolute Gasteiger partial charge is 0.326 e. The van der Waals surface area contributed by atoms with Crippen molar-refractivity contribution in [2.75, 3.05) is 18.4 Å². The van der Waals surface area contributed by atoms with Crippen LogP contribution in [0.5, 0.6) is 0 Å². The number of rotatable bonds is 4. The second-order valence-electron chi connectivity index (χ2n) is 5.24. The maximum atomic E-state index is 11.8. The van der Waals surface area contributed by atoms with Crippen LogP contribution in [0.4, 0.5) is 5.69 Å². The van der Waals surface area contributed by atoms with Crippen LogP contribution >= 0.6 is 0 Å². The lowest BCUT2D eigenvalue weighted by Crippen LogP contribution is -2.15. The Morgan fingerprint density at radius 2 is 2.22 bits per heavy atom. The van der Waals surface area contributed by atoms with Crippen LogP contribution in [-0.4, -0.2) is 19.0 Å². The topological polar surface area (TPSA) is 41.1 Å². The summed E-state index contributed by atoms with van der Waals surface area (Å²) in [5.41, 5.74) is 3.38. The van der Waals surface area contributed by atoms with Gasteiger partial charge in [0.2, 0.25) is 5.91 Å². The third-order valence-corrected chi connectivity index (χ3v) is 3.73. The van der Waals surface area contributed by atoms with Gasteiger partial charge >= 0.3 is 0 Å². The van der Waals surface area contributed by atoms with Gasteiger partial charge in [0.25, 0.3) is 0 Å². The maximum Gasteiger partial charge on any atom is 0.224 e. The van der Waals surface area contributed by atoms with Crippen molar-refractivity contribution >= 4 is 11.6 Å². The van der Waals surface area contributed by atoms with Gasteiger partial charge in [-0.1, -0.05) is 6.07 Å². The van der Waals surface area contributed by atoms with Gasteiger partial charge in [0.1, 0.15) is 0 Å². The first-order valence-electron chi connectivity index (χ1n) is 6.73. The van der Waals surface area contributed by atoms with Crippen LogP contribution < -0.4 is 10.6 Å². The molecule has 0 aromatic heterocycles. The summed E-state index contributed by atoms with van der Waals surface area (Å²) in [5, 5.41) is 6.30. The highest BCUT2D eigenvalue weighted by atomic mass is 16.1. The van der Waals surface area contributed by atoms with Crippen molar-refractivity contribution in [1.29, 1.82) is 0 Å². The molecule has 1 atom stereocenters. The van der Waals surface area contributed by atoms with Crippen LogP contribution in [0.3, 0.4) is 0 Å². The third-order valence-electron chi connectivity index (χ3n) is 3.73. The maximum absolute atomic E-state index is 11.8. The minimum atomic E-state index is 0.130. The van der Waals surface area contributed by atoms with E-state index in [2.05, 4.69) is 24.5 Å². The van der Waals surface area contributed by atoms with Crippen LogP contribution in [0.1, 0.15) is 30.4 Å². The average Bonchev–Trinajstić information content (AvgIpc) is 2.84. The van der Waals surface area contributed by atoms with Crippen molar-refractivity contribution in [2.45, 2.75) is 33.1 Å². The summed E-state index contributed by atoms with van der Waals surface area (Å²) < 4.78 is 0. The van der Waals surface area contributed by atoms with Crippen LogP contribution in [0.25, 0.3) is 0 Å². The number of carbonyl (C=O) groups excluding carboxylic acids is 1. The van der Waals surface area contributed by atoms with E-state index in [0.717, 1.165) is 25.2 Å². The zero-order chi connectivity index (χ0) is 13.0. The fourth-order valence-corrected chi connectivity index (χ4v) is 2.34. The molecule has 1 unspecified atom stereocenters. The number of nitrogens with one attached hydrogen (secondary N) is 2. The van der Waals surface area contributed by atoms with Gasteiger partial charge in [-0.15, -0.1) is 0 Å². The number of hydrogen-bond acceptors (Lipinski definition) is 2. The minimum Gasteiger partial charge on any atom is -0.326 e. The molecule has 2 N–H and O–H groups in total. The molecule has 1 saturated heterocycles. The Labute approximate surface area is 109 Å². The Morgan fingerprint density at radius 1 is 1.39 bits per heavy atom. The molecule has 1 amide bonds. The zero-order valence-corrected chi connectivity index (χ0v) is 11.3. The van der Waals surface area contributed by atoms with Crippen molar-refractivity contribution in [3.05, 3.63) is 29.3 Å². The number of benzene rings is 1. The third kappa shape index (κ3) is 3.57. The van der Waals surface area contributed by atoms with Crippen molar-refractivity contribution in [3.8, 4) is 0 Å². The number of anilines is 1. The molecule has 0 spiro atoms. The summed E-state index contributed by atoms with van der Waals surface area (Å²) in [5.74, 6) is 0.806. The fourth-order valence-electron chi connectivity index (χ4n) is 2.34. The molecule has 18 heavy (non-hydrogen) atoms. The van der Waals surface area contributed by atoms with Gasteiger partial charge in [-0.25, -0.2) is 0 Å². The molecule has 3 nitrogen and oxygen atoms in total. The first kappa shape index (κ1) is 13.1. The van der Waals surface area contributed by atoms with Crippen molar-refractivity contribution < 1.29 is 4.79 Å². The number of hydrogen-bond donors (Lipinski definition) is 2. The molecule has 1 fully saturated rings. The molecule has 1 heterocycles. The van der Waals surface area contributed by atoms with Crippen molar-refractivity contribution in [3.63, 3.8) is 0 Å². The summed E-state index contributed by atoms with van der Waals surface area (Å²) in [6.07, 6.45) is 2.82. The summed E-state index contributed by atoms with van der Waals surface area (Å²) >= 11 is 0. The Hall–Kier alpha value is -1.35. The van der Waals surface area contributed by atoms with E-state index >= 15 is 0 Å². The van der Waals surface area contributed by atoms with Crippen LogP contribution in [0, 0.1) is 19.8 Å². The molecular weight excluding hydrogens is 224 g/mol. The van der Waals surface area contributed by atoms with Gasteiger partial charge in [-0.3, -0.25) is 4.79 Å². The molecular formula is C15H22N2O. The molecule has 1 aromatic carbocycles. The number of carbonyl (C=O) groups is 1. The van der Waals surface area contributed by atoms with Gasteiger partial charge in [0.15, 0.2) is 0 Å². The normalized spacial score (nSPS) is 18.9. The van der Waals surface area contributed by atoms with E-state index in [-0.39, 0.29) is 5.91 Å². The Kier molecular flexibility index (Phi) is 4.37. The summed E-state index contributed by atoms with van der Waals surface area (Å²) in [6.45, 7) is 6.31. The number of aryl methyl sites for hydroxylation is 2. The predicted molar refractivity (Wildman–Crippen MR) is 74.8 cm³/mol. The van der Waals surface area contributed by atoms with Crippen LogP contribution in [-0.2, 0) is 4.79 Å². The molecule has 0 radical (unpaired) electrons. The van der Waals surface area contributed by atoms with Gasteiger partial charge in [-0.2, -0.15) is 0 Å². The highest BCUT2D eigenvalue weighted by Gasteiger charge is 2.15. The fraction of sp³-hybridized carbons (Fsp3) is 0.533. The Bertz CT molecular complexity index is 423. The molecule has 3 heteroatoms. The summed E-state index contributed by atoms with van der Waals surface area (Å²) in [7, 11) is 0. The average molecular weight is 246 g/mol. The van der Waals surface area contributed by atoms with E-state index in [9.17, 15) is 4.79 Å². The Balaban J connectivity index is 1.80. The SMILES string of the molecule is Cc1ccc(NC(=O)CCC2CCNC2)cc1C. The van der Waals surface area contributed by atoms with Crippen LogP contribution in [0.15, 0.2) is 18.2 Å². The second kappa shape index (κ2) is 6.01. The molecule has 0 bridgehead atoms. The van der Waals surface area contributed by atoms with E-state index in [1.54, 1.807) is 0 Å². The van der Waals surface area contributed by atoms with Crippen molar-refractivity contribution in [1.82, 2.24) is 5.32 Å². The van der Waals surface area contributed by atoms with Gasteiger partial charge in [0, 0.05) is 12.1 Å². The molecule has 0 aliphatic carbocycles. The molecule has 1 aliphatic rings. The lowest BCUT2D eigenvalue weighted by Gasteiger charge is -2.10. The summed E-state index contributed by atoms with van der Waals surface area (Å²) in [4.78, 5) is 11.8. The minimum absolute atomic E-state index is 0.130. The van der Waals surface area contributed by atoms with E-state index in [1.807, 2.05) is 18.2 Å². The molecule has 0 saturated carbocycles. The molecule has 1 aliphatic heterocycles. The van der Waals surface area contributed by atoms with E-state index in [1.165, 1.54) is 17.5 Å². The van der Waals surface area contributed by atoms with Gasteiger partial charge in [0.05, 0.1) is 0 Å². The van der Waals surface area contributed by atoms with Gasteiger partial charge in [-0.05, 0) is 69.0 Å². The Morgan fingerprint density at radius 3 is 2.89 bits per heavy atom. The first-order chi connectivity index (χ1) is 8.65. The van der Waals surface area contributed by atoms with E-state index in [0.29, 0.717) is 12.3 Å². The zero-order valence-electron chi connectivity index (χ0n) is 11.3. The smallest absolute Gasteiger partial charge is 0.224 e. The summed E-state index contributed by atoms with van der Waals surface area (Å²) in [6, 6.07) is 6.05. The van der Waals surface area contributed by atoms with Gasteiger partial charge < -0.3 is 10.6 Å².